The largest absolute Gasteiger partial charge is 0.494 e. The summed E-state index contributed by atoms with van der Waals surface area (Å²) in [5.41, 5.74) is 3.99. The SMILES string of the molecule is CCOc1ccc(NC(=O)[C@@H]2[C@@H]3CCC4(S3)C(C(=O)Nc3cc(C)ccc3C)N([C@H](CO)c3ccccc3)C(=O)[C@H]24)cc1. The number of aliphatic hydroxyl groups excluding tert-OH is 1. The van der Waals surface area contributed by atoms with E-state index in [-0.39, 0.29) is 29.6 Å². The van der Waals surface area contributed by atoms with Gasteiger partial charge in [-0.1, -0.05) is 42.5 Å². The van der Waals surface area contributed by atoms with E-state index in [9.17, 15) is 19.5 Å². The lowest BCUT2D eigenvalue weighted by molar-refractivity contribution is -0.141. The van der Waals surface area contributed by atoms with Gasteiger partial charge < -0.3 is 25.4 Å². The summed E-state index contributed by atoms with van der Waals surface area (Å²) in [5, 5.41) is 16.7. The molecule has 0 aromatic heterocycles. The minimum Gasteiger partial charge on any atom is -0.494 e. The Balaban J connectivity index is 1.37. The zero-order chi connectivity index (χ0) is 30.3. The molecule has 3 fully saturated rings. The molecule has 224 valence electrons. The highest BCUT2D eigenvalue weighted by Crippen LogP contribution is 2.67. The number of carbonyl (C=O) groups excluding carboxylic acids is 3. The maximum Gasteiger partial charge on any atom is 0.248 e. The number of aliphatic hydroxyl groups is 1. The molecule has 43 heavy (non-hydrogen) atoms. The van der Waals surface area contributed by atoms with Crippen molar-refractivity contribution in [3.8, 4) is 5.75 Å². The molecular formula is C34H37N3O5S. The van der Waals surface area contributed by atoms with Gasteiger partial charge in [-0.2, -0.15) is 0 Å². The number of fused-ring (bicyclic) bond motifs is 1. The second-order valence-electron chi connectivity index (χ2n) is 11.7. The smallest absolute Gasteiger partial charge is 0.248 e. The lowest BCUT2D eigenvalue weighted by Crippen LogP contribution is -2.52. The Morgan fingerprint density at radius 1 is 1.05 bits per heavy atom. The second-order valence-corrected chi connectivity index (χ2v) is 13.3. The Morgan fingerprint density at radius 3 is 2.49 bits per heavy atom. The van der Waals surface area contributed by atoms with Crippen molar-refractivity contribution < 1.29 is 24.2 Å². The van der Waals surface area contributed by atoms with E-state index >= 15 is 0 Å². The van der Waals surface area contributed by atoms with Crippen LogP contribution in [0, 0.1) is 25.7 Å². The Morgan fingerprint density at radius 2 is 1.79 bits per heavy atom. The molecule has 3 saturated heterocycles. The number of thioether (sulfide) groups is 1. The zero-order valence-corrected chi connectivity index (χ0v) is 25.4. The first-order chi connectivity index (χ1) is 20.8. The third kappa shape index (κ3) is 5.08. The Kier molecular flexibility index (Phi) is 7.96. The van der Waals surface area contributed by atoms with Crippen LogP contribution >= 0.6 is 11.8 Å². The Labute approximate surface area is 256 Å². The molecule has 6 atom stereocenters. The van der Waals surface area contributed by atoms with Crippen LogP contribution < -0.4 is 15.4 Å². The topological polar surface area (TPSA) is 108 Å². The highest BCUT2D eigenvalue weighted by atomic mass is 32.2. The van der Waals surface area contributed by atoms with E-state index in [0.717, 1.165) is 23.1 Å². The van der Waals surface area contributed by atoms with Crippen LogP contribution in [0.25, 0.3) is 0 Å². The fourth-order valence-corrected chi connectivity index (χ4v) is 9.36. The van der Waals surface area contributed by atoms with Crippen molar-refractivity contribution in [1.82, 2.24) is 4.90 Å². The summed E-state index contributed by atoms with van der Waals surface area (Å²) in [4.78, 5) is 44.4. The number of ether oxygens (including phenoxy) is 1. The van der Waals surface area contributed by atoms with Gasteiger partial charge in [-0.15, -0.1) is 11.8 Å². The molecule has 0 radical (unpaired) electrons. The molecule has 3 aromatic carbocycles. The summed E-state index contributed by atoms with van der Waals surface area (Å²) in [6, 6.07) is 20.8. The fraction of sp³-hybridized carbons (Fsp3) is 0.382. The average molecular weight is 600 g/mol. The number of likely N-dealkylation sites (tertiary alicyclic amines) is 1. The first-order valence-electron chi connectivity index (χ1n) is 14.8. The summed E-state index contributed by atoms with van der Waals surface area (Å²) < 4.78 is 4.74. The summed E-state index contributed by atoms with van der Waals surface area (Å²) in [5.74, 6) is -1.35. The fourth-order valence-electron chi connectivity index (χ4n) is 7.15. The van der Waals surface area contributed by atoms with Crippen LogP contribution in [0.1, 0.15) is 42.5 Å². The van der Waals surface area contributed by atoms with Crippen molar-refractivity contribution in [2.45, 2.75) is 55.7 Å². The van der Waals surface area contributed by atoms with Crippen LogP contribution in [0.2, 0.25) is 0 Å². The number of nitrogens with zero attached hydrogens (tertiary/aromatic N) is 1. The van der Waals surface area contributed by atoms with Crippen molar-refractivity contribution in [1.29, 1.82) is 0 Å². The molecule has 3 amide bonds. The van der Waals surface area contributed by atoms with Crippen molar-refractivity contribution in [2.75, 3.05) is 23.8 Å². The van der Waals surface area contributed by atoms with Crippen LogP contribution in [0.5, 0.6) is 5.75 Å². The van der Waals surface area contributed by atoms with Gasteiger partial charge in [0.25, 0.3) is 0 Å². The van der Waals surface area contributed by atoms with E-state index in [1.807, 2.05) is 69.3 Å². The third-order valence-corrected chi connectivity index (χ3v) is 11.0. The molecule has 2 bridgehead atoms. The molecule has 1 spiro atoms. The minimum absolute atomic E-state index is 0.0842. The summed E-state index contributed by atoms with van der Waals surface area (Å²) in [6.45, 7) is 6.02. The van der Waals surface area contributed by atoms with Gasteiger partial charge in [-0.25, -0.2) is 0 Å². The first-order valence-corrected chi connectivity index (χ1v) is 15.7. The predicted octanol–water partition coefficient (Wildman–Crippen LogP) is 5.10. The van der Waals surface area contributed by atoms with Crippen LogP contribution in [0.3, 0.4) is 0 Å². The summed E-state index contributed by atoms with van der Waals surface area (Å²) in [7, 11) is 0. The minimum atomic E-state index is -0.861. The van der Waals surface area contributed by atoms with Gasteiger partial charge in [0.15, 0.2) is 0 Å². The van der Waals surface area contributed by atoms with Gasteiger partial charge in [-0.05, 0) is 80.6 Å². The van der Waals surface area contributed by atoms with E-state index < -0.39 is 28.7 Å². The van der Waals surface area contributed by atoms with Crippen molar-refractivity contribution in [3.63, 3.8) is 0 Å². The molecule has 9 heteroatoms. The predicted molar refractivity (Wildman–Crippen MR) is 168 cm³/mol. The van der Waals surface area contributed by atoms with Crippen LogP contribution in [-0.2, 0) is 14.4 Å². The molecule has 3 aliphatic heterocycles. The summed E-state index contributed by atoms with van der Waals surface area (Å²) >= 11 is 1.60. The lowest BCUT2D eigenvalue weighted by atomic mass is 9.70. The number of hydrogen-bond acceptors (Lipinski definition) is 6. The number of aryl methyl sites for hydroxylation is 2. The molecule has 3 N–H and O–H groups in total. The van der Waals surface area contributed by atoms with E-state index in [4.69, 9.17) is 4.74 Å². The van der Waals surface area contributed by atoms with Crippen molar-refractivity contribution in [2.24, 2.45) is 11.8 Å². The monoisotopic (exact) mass is 599 g/mol. The van der Waals surface area contributed by atoms with Crippen LogP contribution in [0.4, 0.5) is 11.4 Å². The summed E-state index contributed by atoms with van der Waals surface area (Å²) in [6.07, 6.45) is 1.37. The van der Waals surface area contributed by atoms with E-state index in [1.165, 1.54) is 0 Å². The van der Waals surface area contributed by atoms with E-state index in [2.05, 4.69) is 10.6 Å². The van der Waals surface area contributed by atoms with Gasteiger partial charge in [0.2, 0.25) is 17.7 Å². The lowest BCUT2D eigenvalue weighted by Gasteiger charge is -2.37. The first kappa shape index (κ1) is 29.3. The Hall–Kier alpha value is -3.82. The van der Waals surface area contributed by atoms with Gasteiger partial charge in [0.05, 0.1) is 35.8 Å². The zero-order valence-electron chi connectivity index (χ0n) is 24.6. The third-order valence-electron chi connectivity index (χ3n) is 9.07. The standard InChI is InChI=1S/C34H37N3O5S/c1-4-42-24-14-12-23(13-15-24)35-31(39)28-27-16-17-34(43-27)29(28)33(41)37(26(19-38)22-8-6-5-7-9-22)30(34)32(40)36-25-18-20(2)10-11-21(25)3/h5-15,18,26-30,38H,4,16-17,19H2,1-3H3,(H,35,39)(H,36,40)/t26-,27+,28-,29+,30?,34?/m1/s1. The molecule has 0 saturated carbocycles. The van der Waals surface area contributed by atoms with E-state index in [1.54, 1.807) is 40.9 Å². The normalized spacial score (nSPS) is 26.2. The quantitative estimate of drug-likeness (QED) is 0.316. The van der Waals surface area contributed by atoms with Gasteiger partial charge >= 0.3 is 0 Å². The number of hydrogen-bond donors (Lipinski definition) is 3. The molecule has 6 rings (SSSR count). The molecular weight excluding hydrogens is 562 g/mol. The number of nitrogens with one attached hydrogen (secondary N) is 2. The van der Waals surface area contributed by atoms with Gasteiger partial charge in [0, 0.05) is 16.6 Å². The maximum absolute atomic E-state index is 14.5. The highest BCUT2D eigenvalue weighted by Gasteiger charge is 2.74. The number of amides is 3. The van der Waals surface area contributed by atoms with Crippen molar-refractivity contribution in [3.05, 3.63) is 89.5 Å². The van der Waals surface area contributed by atoms with Crippen LogP contribution in [-0.4, -0.2) is 57.0 Å². The average Bonchev–Trinajstić information content (AvgIpc) is 3.65. The molecule has 3 heterocycles. The van der Waals surface area contributed by atoms with Crippen molar-refractivity contribution >= 4 is 40.9 Å². The number of carbonyl (C=O) groups is 3. The van der Waals surface area contributed by atoms with Gasteiger partial charge in [-0.3, -0.25) is 14.4 Å². The Bertz CT molecular complexity index is 1530. The molecule has 0 aliphatic carbocycles. The van der Waals surface area contributed by atoms with Gasteiger partial charge in [0.1, 0.15) is 11.8 Å². The molecule has 3 aromatic rings. The maximum atomic E-state index is 14.5. The second kappa shape index (κ2) is 11.7. The number of rotatable bonds is 9. The molecule has 2 unspecified atom stereocenters. The number of benzene rings is 3. The molecule has 3 aliphatic rings. The van der Waals surface area contributed by atoms with Crippen LogP contribution in [0.15, 0.2) is 72.8 Å². The van der Waals surface area contributed by atoms with E-state index in [0.29, 0.717) is 30.2 Å². The molecule has 8 nitrogen and oxygen atoms in total. The highest BCUT2D eigenvalue weighted by molar-refractivity contribution is 8.02. The number of anilines is 2.